The zero-order valence-corrected chi connectivity index (χ0v) is 30.0. The molecule has 2 N–H and O–H groups in total. The highest BCUT2D eigenvalue weighted by atomic mass is 28.4. The molecule has 1 saturated carbocycles. The number of oxazole rings is 1. The first-order chi connectivity index (χ1) is 24.2. The number of aliphatic hydroxyl groups excluding tert-OH is 1. The maximum atomic E-state index is 12.6. The van der Waals surface area contributed by atoms with Crippen LogP contribution in [0.15, 0.2) is 150 Å². The van der Waals surface area contributed by atoms with Gasteiger partial charge in [-0.05, 0) is 52.4 Å². The van der Waals surface area contributed by atoms with E-state index in [2.05, 4.69) is 93.6 Å². The predicted octanol–water partition coefficient (Wildman–Crippen LogP) is 8.54. The van der Waals surface area contributed by atoms with E-state index >= 15 is 0 Å². The summed E-state index contributed by atoms with van der Waals surface area (Å²) < 4.78 is 13.9. The molecule has 5 aromatic carbocycles. The average Bonchev–Trinajstić information content (AvgIpc) is 3.60. The highest BCUT2D eigenvalue weighted by Gasteiger charge is 2.53. The second kappa shape index (κ2) is 13.9. The van der Waals surface area contributed by atoms with Crippen molar-refractivity contribution < 1.29 is 19.1 Å². The maximum absolute atomic E-state index is 12.6. The highest BCUT2D eigenvalue weighted by Crippen LogP contribution is 2.46. The third-order valence-electron chi connectivity index (χ3n) is 10.3. The second-order valence-corrected chi connectivity index (χ2v) is 18.7. The van der Waals surface area contributed by atoms with Gasteiger partial charge in [0, 0.05) is 17.0 Å². The molecule has 0 saturated heterocycles. The minimum Gasteiger partial charge on any atom is -0.534 e. The molecule has 7 rings (SSSR count). The Morgan fingerprint density at radius 3 is 1.88 bits per heavy atom. The molecule has 0 radical (unpaired) electrons. The quantitative estimate of drug-likeness (QED) is 0.150. The van der Waals surface area contributed by atoms with Crippen LogP contribution >= 0.6 is 0 Å². The van der Waals surface area contributed by atoms with Gasteiger partial charge in [0.15, 0.2) is 11.4 Å². The summed E-state index contributed by atoms with van der Waals surface area (Å²) in [6.45, 7) is 6.82. The normalized spacial score (nSPS) is 19.6. The number of nitrogens with zero attached hydrogens (tertiary/aromatic N) is 1. The third-order valence-corrected chi connectivity index (χ3v) is 15.2. The van der Waals surface area contributed by atoms with Gasteiger partial charge < -0.3 is 19.1 Å². The van der Waals surface area contributed by atoms with Crippen LogP contribution in [0.4, 0.5) is 0 Å². The maximum Gasteiger partial charge on any atom is 0.319 e. The number of aliphatic hydroxyl groups is 2. The summed E-state index contributed by atoms with van der Waals surface area (Å²) in [4.78, 5) is 4.96. The summed E-state index contributed by atoms with van der Waals surface area (Å²) in [5.74, 6) is 1.20. The fourth-order valence-corrected chi connectivity index (χ4v) is 12.2. The van der Waals surface area contributed by atoms with Crippen LogP contribution in [0.1, 0.15) is 51.5 Å². The summed E-state index contributed by atoms with van der Waals surface area (Å²) >= 11 is 0. The van der Waals surface area contributed by atoms with Gasteiger partial charge in [-0.3, -0.25) is 0 Å². The van der Waals surface area contributed by atoms with Gasteiger partial charge in [0.05, 0.1) is 6.10 Å². The van der Waals surface area contributed by atoms with Gasteiger partial charge in [-0.25, -0.2) is 4.98 Å². The smallest absolute Gasteiger partial charge is 0.319 e. The molecule has 0 aliphatic heterocycles. The van der Waals surface area contributed by atoms with E-state index in [9.17, 15) is 10.2 Å². The summed E-state index contributed by atoms with van der Waals surface area (Å²) in [5, 5.41) is 26.4. The topological polar surface area (TPSA) is 75.7 Å². The van der Waals surface area contributed by atoms with Gasteiger partial charge in [-0.2, -0.15) is 0 Å². The molecule has 1 heterocycles. The van der Waals surface area contributed by atoms with Crippen molar-refractivity contribution in [3.8, 4) is 28.3 Å². The first-order valence-electron chi connectivity index (χ1n) is 17.6. The second-order valence-electron chi connectivity index (χ2n) is 14.5. The predicted molar refractivity (Wildman–Crippen MR) is 203 cm³/mol. The van der Waals surface area contributed by atoms with Crippen molar-refractivity contribution in [3.63, 3.8) is 0 Å². The number of hydrogen-bond donors (Lipinski definition) is 2. The monoisotopic (exact) mass is 679 g/mol. The Morgan fingerprint density at radius 2 is 1.30 bits per heavy atom. The molecule has 5 nitrogen and oxygen atoms in total. The van der Waals surface area contributed by atoms with Crippen LogP contribution in [0.5, 0.6) is 5.75 Å². The molecule has 6 heteroatoms. The van der Waals surface area contributed by atoms with E-state index in [-0.39, 0.29) is 16.8 Å². The lowest BCUT2D eigenvalue weighted by atomic mass is 9.70. The Hall–Kier alpha value is -4.75. The van der Waals surface area contributed by atoms with Gasteiger partial charge >= 0.3 is 8.32 Å². The lowest BCUT2D eigenvalue weighted by Gasteiger charge is -2.43. The van der Waals surface area contributed by atoms with Gasteiger partial charge in [-0.15, -0.1) is 0 Å². The molecule has 1 aromatic heterocycles. The Balaban J connectivity index is 1.26. The first-order valence-corrected chi connectivity index (χ1v) is 19.5. The SMILES string of the molecule is CC(C)(C)[Si](Oc1cccc(C[C@@H]2CCC[C@@H](O)[C@]2(O)c2nc(-c3ccccc3)c(-c3ccccc3)o2)c1)(c1ccccc1)c1ccccc1. The molecule has 1 aliphatic rings. The van der Waals surface area contributed by atoms with Gasteiger partial charge in [0.1, 0.15) is 11.4 Å². The minimum absolute atomic E-state index is 0.159. The third kappa shape index (κ3) is 6.24. The molecular weight excluding hydrogens is 635 g/mol. The lowest BCUT2D eigenvalue weighted by molar-refractivity contribution is -0.157. The summed E-state index contributed by atoms with van der Waals surface area (Å²) in [5.41, 5.74) is 1.75. The van der Waals surface area contributed by atoms with Crippen LogP contribution in [-0.2, 0) is 12.0 Å². The van der Waals surface area contributed by atoms with E-state index in [0.29, 0.717) is 24.3 Å². The number of hydrogen-bond acceptors (Lipinski definition) is 5. The van der Waals surface area contributed by atoms with E-state index in [1.54, 1.807) is 0 Å². The minimum atomic E-state index is -2.84. The summed E-state index contributed by atoms with van der Waals surface area (Å²) in [7, 11) is -2.84. The fraction of sp³-hybridized carbons (Fsp3) is 0.250. The van der Waals surface area contributed by atoms with Crippen molar-refractivity contribution >= 4 is 18.7 Å². The van der Waals surface area contributed by atoms with Crippen molar-refractivity contribution in [2.75, 3.05) is 0 Å². The summed E-state index contributed by atoms with van der Waals surface area (Å²) in [6, 6.07) is 49.2. The van der Waals surface area contributed by atoms with Crippen molar-refractivity contribution in [2.24, 2.45) is 5.92 Å². The van der Waals surface area contributed by atoms with E-state index in [4.69, 9.17) is 13.8 Å². The molecule has 0 amide bonds. The average molecular weight is 680 g/mol. The van der Waals surface area contributed by atoms with Crippen LogP contribution in [0.25, 0.3) is 22.6 Å². The van der Waals surface area contributed by atoms with Crippen LogP contribution in [0, 0.1) is 5.92 Å². The van der Waals surface area contributed by atoms with E-state index < -0.39 is 20.0 Å². The molecular formula is C44H45NO4Si. The van der Waals surface area contributed by atoms with Crippen LogP contribution in [0.3, 0.4) is 0 Å². The van der Waals surface area contributed by atoms with Crippen molar-refractivity contribution in [3.05, 3.63) is 157 Å². The number of benzene rings is 5. The number of rotatable bonds is 9. The Labute approximate surface area is 296 Å². The molecule has 254 valence electrons. The van der Waals surface area contributed by atoms with Gasteiger partial charge in [0.25, 0.3) is 0 Å². The Kier molecular flexibility index (Phi) is 9.36. The van der Waals surface area contributed by atoms with E-state index in [0.717, 1.165) is 35.3 Å². The highest BCUT2D eigenvalue weighted by molar-refractivity contribution is 7.00. The van der Waals surface area contributed by atoms with Gasteiger partial charge in [0.2, 0.25) is 5.89 Å². The molecule has 3 atom stereocenters. The van der Waals surface area contributed by atoms with Crippen molar-refractivity contribution in [1.29, 1.82) is 0 Å². The molecule has 0 spiro atoms. The molecule has 0 bridgehead atoms. The first kappa shape index (κ1) is 33.7. The van der Waals surface area contributed by atoms with Crippen molar-refractivity contribution in [2.45, 2.75) is 63.2 Å². The zero-order valence-electron chi connectivity index (χ0n) is 29.0. The Morgan fingerprint density at radius 1 is 0.740 bits per heavy atom. The van der Waals surface area contributed by atoms with Gasteiger partial charge in [-0.1, -0.05) is 161 Å². The number of aromatic nitrogens is 1. The summed E-state index contributed by atoms with van der Waals surface area (Å²) in [6.07, 6.45) is 1.48. The van der Waals surface area contributed by atoms with Crippen LogP contribution < -0.4 is 14.8 Å². The van der Waals surface area contributed by atoms with E-state index in [1.807, 2.05) is 72.8 Å². The fourth-order valence-electron chi connectivity index (χ4n) is 7.76. The van der Waals surface area contributed by atoms with Crippen LogP contribution in [-0.4, -0.2) is 29.6 Å². The zero-order chi connectivity index (χ0) is 34.8. The van der Waals surface area contributed by atoms with Crippen LogP contribution in [0.2, 0.25) is 5.04 Å². The van der Waals surface area contributed by atoms with Crippen molar-refractivity contribution in [1.82, 2.24) is 4.98 Å². The van der Waals surface area contributed by atoms with E-state index in [1.165, 1.54) is 10.4 Å². The standard InChI is InChI=1S/C44H45NO4Si/c1-43(2,3)50(37-25-12-6-13-26-37,38-27-14-7-15-28-38)49-36-24-16-18-32(31-36)30-35-23-17-29-39(46)44(35,47)42-45-40(33-19-8-4-9-20-33)41(48-42)34-21-10-5-11-22-34/h4-16,18-22,24-28,31,35,39,46-47H,17,23,29-30H2,1-3H3/t35-,39+,44-/m0/s1. The Bertz CT molecular complexity index is 1910. The molecule has 1 aliphatic carbocycles. The molecule has 1 fully saturated rings. The molecule has 0 unspecified atom stereocenters. The largest absolute Gasteiger partial charge is 0.534 e. The molecule has 6 aromatic rings. The molecule has 50 heavy (non-hydrogen) atoms. The lowest BCUT2D eigenvalue weighted by Crippen LogP contribution is -2.68.